The van der Waals surface area contributed by atoms with Crippen LogP contribution < -0.4 is 5.32 Å². The van der Waals surface area contributed by atoms with Crippen molar-refractivity contribution < 1.29 is 4.79 Å². The van der Waals surface area contributed by atoms with E-state index in [2.05, 4.69) is 51.2 Å². The molecule has 0 radical (unpaired) electrons. The third kappa shape index (κ3) is 3.40. The Bertz CT molecular complexity index is 484. The molecule has 1 heterocycles. The van der Waals surface area contributed by atoms with Gasteiger partial charge in [0, 0.05) is 31.6 Å². The Morgan fingerprint density at radius 3 is 2.80 bits per heavy atom. The number of piperazine rings is 1. The highest BCUT2D eigenvalue weighted by molar-refractivity contribution is 5.77. The minimum Gasteiger partial charge on any atom is -0.337 e. The summed E-state index contributed by atoms with van der Waals surface area (Å²) in [5.41, 5.74) is 3.86. The fraction of sp³-hybridized carbons (Fsp3) is 0.588. The number of hydrogen-bond acceptors (Lipinski definition) is 2. The molecule has 1 saturated heterocycles. The van der Waals surface area contributed by atoms with E-state index >= 15 is 0 Å². The molecular formula is C17H26N2O. The average molecular weight is 274 g/mol. The van der Waals surface area contributed by atoms with Gasteiger partial charge in [-0.25, -0.2) is 0 Å². The van der Waals surface area contributed by atoms with Crippen molar-refractivity contribution >= 4 is 5.91 Å². The van der Waals surface area contributed by atoms with Crippen LogP contribution >= 0.6 is 0 Å². The molecule has 1 aromatic carbocycles. The summed E-state index contributed by atoms with van der Waals surface area (Å²) in [6, 6.07) is 7.14. The zero-order valence-electron chi connectivity index (χ0n) is 13.1. The van der Waals surface area contributed by atoms with Gasteiger partial charge >= 0.3 is 0 Å². The van der Waals surface area contributed by atoms with E-state index in [0.717, 1.165) is 19.5 Å². The number of nitrogens with one attached hydrogen (secondary N) is 1. The van der Waals surface area contributed by atoms with Gasteiger partial charge in [0.25, 0.3) is 0 Å². The number of carbonyl (C=O) groups excluding carboxylic acids is 1. The highest BCUT2D eigenvalue weighted by Crippen LogP contribution is 2.15. The lowest BCUT2D eigenvalue weighted by molar-refractivity contribution is -0.134. The first-order valence-corrected chi connectivity index (χ1v) is 7.58. The molecule has 1 amide bonds. The maximum absolute atomic E-state index is 12.4. The molecule has 1 aromatic rings. The molecule has 2 rings (SSSR count). The van der Waals surface area contributed by atoms with E-state index in [1.165, 1.54) is 16.7 Å². The first-order valence-electron chi connectivity index (χ1n) is 7.58. The van der Waals surface area contributed by atoms with Gasteiger partial charge in [-0.1, -0.05) is 23.8 Å². The molecule has 0 aromatic heterocycles. The van der Waals surface area contributed by atoms with Crippen LogP contribution in [-0.2, 0) is 11.2 Å². The van der Waals surface area contributed by atoms with E-state index in [1.807, 2.05) is 4.90 Å². The number of benzene rings is 1. The second kappa shape index (κ2) is 6.40. The van der Waals surface area contributed by atoms with Crippen LogP contribution in [0.4, 0.5) is 0 Å². The van der Waals surface area contributed by atoms with Gasteiger partial charge in [-0.3, -0.25) is 4.79 Å². The minimum absolute atomic E-state index is 0.283. The Hall–Kier alpha value is -1.35. The first kappa shape index (κ1) is 15.0. The summed E-state index contributed by atoms with van der Waals surface area (Å²) in [4.78, 5) is 14.4. The van der Waals surface area contributed by atoms with Gasteiger partial charge in [-0.05, 0) is 45.2 Å². The SMILES string of the molecule is Cc1ccc(CCC(=O)N2CCNC(C)C2C)c(C)c1. The molecule has 0 aliphatic carbocycles. The summed E-state index contributed by atoms with van der Waals surface area (Å²) in [6.45, 7) is 10.2. The van der Waals surface area contributed by atoms with Crippen molar-refractivity contribution in [1.29, 1.82) is 0 Å². The molecule has 3 nitrogen and oxygen atoms in total. The lowest BCUT2D eigenvalue weighted by atomic mass is 10.0. The molecule has 2 unspecified atom stereocenters. The van der Waals surface area contributed by atoms with Gasteiger partial charge in [0.05, 0.1) is 0 Å². The Labute approximate surface area is 122 Å². The van der Waals surface area contributed by atoms with Crippen molar-refractivity contribution in [3.63, 3.8) is 0 Å². The fourth-order valence-electron chi connectivity index (χ4n) is 2.92. The highest BCUT2D eigenvalue weighted by atomic mass is 16.2. The summed E-state index contributed by atoms with van der Waals surface area (Å²) >= 11 is 0. The highest BCUT2D eigenvalue weighted by Gasteiger charge is 2.27. The van der Waals surface area contributed by atoms with Crippen molar-refractivity contribution in [2.75, 3.05) is 13.1 Å². The van der Waals surface area contributed by atoms with Gasteiger partial charge in [-0.2, -0.15) is 0 Å². The number of rotatable bonds is 3. The molecule has 20 heavy (non-hydrogen) atoms. The predicted molar refractivity (Wildman–Crippen MR) is 82.9 cm³/mol. The molecule has 0 bridgehead atoms. The Morgan fingerprint density at radius 1 is 1.35 bits per heavy atom. The van der Waals surface area contributed by atoms with Gasteiger partial charge in [0.2, 0.25) is 5.91 Å². The molecule has 1 N–H and O–H groups in total. The number of amides is 1. The monoisotopic (exact) mass is 274 g/mol. The van der Waals surface area contributed by atoms with Gasteiger partial charge in [0.15, 0.2) is 0 Å². The number of nitrogens with zero attached hydrogens (tertiary/aromatic N) is 1. The van der Waals surface area contributed by atoms with E-state index in [9.17, 15) is 4.79 Å². The van der Waals surface area contributed by atoms with Crippen LogP contribution in [0.2, 0.25) is 0 Å². The van der Waals surface area contributed by atoms with E-state index in [-0.39, 0.29) is 11.9 Å². The third-order valence-corrected chi connectivity index (χ3v) is 4.46. The minimum atomic E-state index is 0.283. The van der Waals surface area contributed by atoms with Crippen LogP contribution in [0.3, 0.4) is 0 Å². The average Bonchev–Trinajstić information content (AvgIpc) is 2.40. The van der Waals surface area contributed by atoms with Crippen molar-refractivity contribution in [2.24, 2.45) is 0 Å². The van der Waals surface area contributed by atoms with Crippen LogP contribution in [0, 0.1) is 13.8 Å². The molecule has 1 aliphatic heterocycles. The van der Waals surface area contributed by atoms with E-state index in [4.69, 9.17) is 0 Å². The molecule has 1 aliphatic rings. The molecule has 1 fully saturated rings. The predicted octanol–water partition coefficient (Wildman–Crippen LogP) is 2.44. The van der Waals surface area contributed by atoms with Crippen LogP contribution in [0.1, 0.15) is 37.0 Å². The number of carbonyl (C=O) groups is 1. The largest absolute Gasteiger partial charge is 0.337 e. The number of hydrogen-bond donors (Lipinski definition) is 1. The van der Waals surface area contributed by atoms with E-state index in [1.54, 1.807) is 0 Å². The molecule has 3 heteroatoms. The summed E-state index contributed by atoms with van der Waals surface area (Å²) in [7, 11) is 0. The topological polar surface area (TPSA) is 32.3 Å². The summed E-state index contributed by atoms with van der Waals surface area (Å²) in [6.07, 6.45) is 1.46. The molecule has 110 valence electrons. The lowest BCUT2D eigenvalue weighted by Crippen LogP contribution is -2.57. The zero-order chi connectivity index (χ0) is 14.7. The summed E-state index contributed by atoms with van der Waals surface area (Å²) in [5, 5.41) is 3.41. The molecule has 0 spiro atoms. The normalized spacial score (nSPS) is 22.9. The van der Waals surface area contributed by atoms with E-state index < -0.39 is 0 Å². The van der Waals surface area contributed by atoms with Crippen LogP contribution in [0.5, 0.6) is 0 Å². The first-order chi connectivity index (χ1) is 9.49. The van der Waals surface area contributed by atoms with Crippen molar-refractivity contribution in [3.05, 3.63) is 34.9 Å². The standard InChI is InChI=1S/C17H26N2O/c1-12-5-6-16(13(2)11-12)7-8-17(20)19-10-9-18-14(3)15(19)4/h5-6,11,14-15,18H,7-10H2,1-4H3. The van der Waals surface area contributed by atoms with Crippen molar-refractivity contribution in [1.82, 2.24) is 10.2 Å². The van der Waals surface area contributed by atoms with Gasteiger partial charge in [-0.15, -0.1) is 0 Å². The van der Waals surface area contributed by atoms with Crippen molar-refractivity contribution in [2.45, 2.75) is 52.6 Å². The van der Waals surface area contributed by atoms with Crippen LogP contribution in [-0.4, -0.2) is 36.0 Å². The second-order valence-electron chi connectivity index (χ2n) is 6.00. The summed E-state index contributed by atoms with van der Waals surface area (Å²) in [5.74, 6) is 0.283. The smallest absolute Gasteiger partial charge is 0.223 e. The molecular weight excluding hydrogens is 248 g/mol. The Kier molecular flexibility index (Phi) is 4.81. The van der Waals surface area contributed by atoms with Gasteiger partial charge in [0.1, 0.15) is 0 Å². The third-order valence-electron chi connectivity index (χ3n) is 4.46. The number of aryl methyl sites for hydroxylation is 3. The summed E-state index contributed by atoms with van der Waals surface area (Å²) < 4.78 is 0. The fourth-order valence-corrected chi connectivity index (χ4v) is 2.92. The molecule has 0 saturated carbocycles. The zero-order valence-corrected chi connectivity index (χ0v) is 13.1. The maximum Gasteiger partial charge on any atom is 0.223 e. The van der Waals surface area contributed by atoms with Gasteiger partial charge < -0.3 is 10.2 Å². The van der Waals surface area contributed by atoms with Crippen molar-refractivity contribution in [3.8, 4) is 0 Å². The van der Waals surface area contributed by atoms with Crippen LogP contribution in [0.25, 0.3) is 0 Å². The molecule has 2 atom stereocenters. The maximum atomic E-state index is 12.4. The van der Waals surface area contributed by atoms with E-state index in [0.29, 0.717) is 12.5 Å². The lowest BCUT2D eigenvalue weighted by Gasteiger charge is -2.38. The second-order valence-corrected chi connectivity index (χ2v) is 6.00. The quantitative estimate of drug-likeness (QED) is 0.918. The van der Waals surface area contributed by atoms with Crippen LogP contribution in [0.15, 0.2) is 18.2 Å². The Balaban J connectivity index is 1.94. The Morgan fingerprint density at radius 2 is 2.10 bits per heavy atom.